The number of likely N-dealkylation sites (tertiary alicyclic amines) is 1. The summed E-state index contributed by atoms with van der Waals surface area (Å²) < 4.78 is 11.7. The number of rotatable bonds is 6. The lowest BCUT2D eigenvalue weighted by Crippen LogP contribution is -2.49. The van der Waals surface area contributed by atoms with Crippen molar-refractivity contribution in [3.63, 3.8) is 0 Å². The molecule has 2 aliphatic rings. The van der Waals surface area contributed by atoms with Crippen molar-refractivity contribution in [3.05, 3.63) is 89.5 Å². The minimum Gasteiger partial charge on any atom is -0.448 e. The van der Waals surface area contributed by atoms with E-state index in [1.54, 1.807) is 4.90 Å². The lowest BCUT2D eigenvalue weighted by Gasteiger charge is -2.38. The van der Waals surface area contributed by atoms with Crippen LogP contribution in [0.1, 0.15) is 56.2 Å². The van der Waals surface area contributed by atoms with Gasteiger partial charge >= 0.3 is 12.2 Å². The molecule has 7 nitrogen and oxygen atoms in total. The minimum atomic E-state index is -0.542. The zero-order valence-corrected chi connectivity index (χ0v) is 24.8. The van der Waals surface area contributed by atoms with Crippen LogP contribution in [0.5, 0.6) is 0 Å². The normalized spacial score (nSPS) is 15.2. The van der Waals surface area contributed by atoms with Crippen LogP contribution in [0.3, 0.4) is 0 Å². The van der Waals surface area contributed by atoms with Gasteiger partial charge in [-0.2, -0.15) is 0 Å². The zero-order valence-electron chi connectivity index (χ0n) is 24.8. The molecule has 1 fully saturated rings. The molecule has 0 aromatic heterocycles. The summed E-state index contributed by atoms with van der Waals surface area (Å²) in [6.45, 7) is 7.41. The van der Waals surface area contributed by atoms with E-state index in [4.69, 9.17) is 9.47 Å². The number of anilines is 1. The fourth-order valence-electron chi connectivity index (χ4n) is 5.80. The summed E-state index contributed by atoms with van der Waals surface area (Å²) in [5.74, 6) is 0.00147. The second kappa shape index (κ2) is 11.9. The molecule has 5 rings (SSSR count). The van der Waals surface area contributed by atoms with Crippen molar-refractivity contribution in [2.75, 3.05) is 38.7 Å². The number of ether oxygens (including phenoxy) is 2. The van der Waals surface area contributed by atoms with Crippen molar-refractivity contribution in [1.82, 2.24) is 9.80 Å². The summed E-state index contributed by atoms with van der Waals surface area (Å²) >= 11 is 0. The van der Waals surface area contributed by atoms with Gasteiger partial charge in [0.1, 0.15) is 12.2 Å². The molecule has 3 aromatic rings. The first-order valence-electron chi connectivity index (χ1n) is 14.5. The van der Waals surface area contributed by atoms with Crippen LogP contribution in [0.2, 0.25) is 0 Å². The van der Waals surface area contributed by atoms with Crippen molar-refractivity contribution in [2.45, 2.75) is 57.7 Å². The van der Waals surface area contributed by atoms with E-state index < -0.39 is 5.60 Å². The van der Waals surface area contributed by atoms with Gasteiger partial charge in [0.05, 0.1) is 0 Å². The van der Waals surface area contributed by atoms with Crippen LogP contribution in [-0.2, 0) is 16.0 Å². The van der Waals surface area contributed by atoms with Crippen LogP contribution in [0.4, 0.5) is 15.3 Å². The van der Waals surface area contributed by atoms with E-state index in [2.05, 4.69) is 65.6 Å². The number of hydrogen-bond acceptors (Lipinski definition) is 5. The van der Waals surface area contributed by atoms with Crippen LogP contribution < -0.4 is 4.90 Å². The molecule has 0 bridgehead atoms. The van der Waals surface area contributed by atoms with E-state index in [1.165, 1.54) is 22.3 Å². The molecule has 216 valence electrons. The quantitative estimate of drug-likeness (QED) is 0.331. The Bertz CT molecular complexity index is 1330. The molecule has 1 saturated heterocycles. The highest BCUT2D eigenvalue weighted by molar-refractivity contribution is 5.79. The maximum atomic E-state index is 13.8. The van der Waals surface area contributed by atoms with Gasteiger partial charge in [0.15, 0.2) is 0 Å². The van der Waals surface area contributed by atoms with Crippen molar-refractivity contribution < 1.29 is 19.1 Å². The summed E-state index contributed by atoms with van der Waals surface area (Å²) in [6, 6.07) is 24.9. The molecule has 1 aliphatic carbocycles. The Morgan fingerprint density at radius 1 is 0.854 bits per heavy atom. The number of carbonyl (C=O) groups is 2. The van der Waals surface area contributed by atoms with Crippen LogP contribution >= 0.6 is 0 Å². The van der Waals surface area contributed by atoms with E-state index >= 15 is 0 Å². The maximum Gasteiger partial charge on any atom is 0.410 e. The van der Waals surface area contributed by atoms with E-state index in [0.29, 0.717) is 32.5 Å². The molecule has 3 aromatic carbocycles. The molecular weight excluding hydrogens is 514 g/mol. The highest BCUT2D eigenvalue weighted by atomic mass is 16.6. The van der Waals surface area contributed by atoms with E-state index in [-0.39, 0.29) is 30.8 Å². The first-order valence-corrected chi connectivity index (χ1v) is 14.5. The molecular formula is C34H41N3O4. The third kappa shape index (κ3) is 6.50. The molecule has 0 N–H and O–H groups in total. The Kier molecular flexibility index (Phi) is 8.25. The number of nitrogens with zero attached hydrogens (tertiary/aromatic N) is 3. The second-order valence-electron chi connectivity index (χ2n) is 12.2. The van der Waals surface area contributed by atoms with Crippen LogP contribution in [-0.4, -0.2) is 67.4 Å². The number of amides is 2. The molecule has 0 spiro atoms. The highest BCUT2D eigenvalue weighted by Crippen LogP contribution is 2.44. The number of hydrogen-bond donors (Lipinski definition) is 0. The minimum absolute atomic E-state index is 0.00147. The lowest BCUT2D eigenvalue weighted by atomic mass is 9.98. The average molecular weight is 556 g/mol. The second-order valence-corrected chi connectivity index (χ2v) is 12.2. The summed E-state index contributed by atoms with van der Waals surface area (Å²) in [4.78, 5) is 32.1. The maximum absolute atomic E-state index is 13.8. The summed E-state index contributed by atoms with van der Waals surface area (Å²) in [7, 11) is 4.02. The number of benzene rings is 3. The SMILES string of the molecule is CN(C)c1ccc(CN(C(=O)OCC2c3ccccc3-c3ccccc32)C2CCN(C(=O)OC(C)(C)C)CC2)cc1. The van der Waals surface area contributed by atoms with Crippen LogP contribution in [0, 0.1) is 0 Å². The van der Waals surface area contributed by atoms with E-state index in [9.17, 15) is 9.59 Å². The summed E-state index contributed by atoms with van der Waals surface area (Å²) in [5, 5.41) is 0. The smallest absolute Gasteiger partial charge is 0.410 e. The van der Waals surface area contributed by atoms with Gasteiger partial charge in [-0.05, 0) is 73.6 Å². The highest BCUT2D eigenvalue weighted by Gasteiger charge is 2.34. The van der Waals surface area contributed by atoms with Gasteiger partial charge in [-0.1, -0.05) is 60.7 Å². The Morgan fingerprint density at radius 3 is 1.95 bits per heavy atom. The van der Waals surface area contributed by atoms with Crippen LogP contribution in [0.25, 0.3) is 11.1 Å². The predicted molar refractivity (Wildman–Crippen MR) is 162 cm³/mol. The van der Waals surface area contributed by atoms with Gasteiger partial charge in [-0.25, -0.2) is 9.59 Å². The van der Waals surface area contributed by atoms with E-state index in [0.717, 1.165) is 11.3 Å². The molecule has 1 aliphatic heterocycles. The largest absolute Gasteiger partial charge is 0.448 e. The van der Waals surface area contributed by atoms with Gasteiger partial charge in [0.2, 0.25) is 0 Å². The van der Waals surface area contributed by atoms with Gasteiger partial charge < -0.3 is 24.2 Å². The fraction of sp³-hybridized carbons (Fsp3) is 0.412. The monoisotopic (exact) mass is 555 g/mol. The number of carbonyl (C=O) groups excluding carboxylic acids is 2. The lowest BCUT2D eigenvalue weighted by molar-refractivity contribution is 0.0130. The van der Waals surface area contributed by atoms with Gasteiger partial charge in [0, 0.05) is 51.4 Å². The summed E-state index contributed by atoms with van der Waals surface area (Å²) in [5.41, 5.74) is 6.40. The van der Waals surface area contributed by atoms with Crippen molar-refractivity contribution in [1.29, 1.82) is 0 Å². The topological polar surface area (TPSA) is 62.3 Å². The first-order chi connectivity index (χ1) is 19.6. The third-order valence-corrected chi connectivity index (χ3v) is 7.93. The molecule has 0 radical (unpaired) electrons. The Morgan fingerprint density at radius 2 is 1.41 bits per heavy atom. The predicted octanol–water partition coefficient (Wildman–Crippen LogP) is 6.90. The summed E-state index contributed by atoms with van der Waals surface area (Å²) in [6.07, 6.45) is 0.709. The van der Waals surface area contributed by atoms with Crippen molar-refractivity contribution in [3.8, 4) is 11.1 Å². The van der Waals surface area contributed by atoms with Crippen LogP contribution in [0.15, 0.2) is 72.8 Å². The number of piperidine rings is 1. The molecule has 2 amide bonds. The molecule has 41 heavy (non-hydrogen) atoms. The van der Waals surface area contributed by atoms with Gasteiger partial charge in [-0.15, -0.1) is 0 Å². The van der Waals surface area contributed by atoms with Crippen molar-refractivity contribution >= 4 is 17.9 Å². The molecule has 7 heteroatoms. The number of fused-ring (bicyclic) bond motifs is 3. The van der Waals surface area contributed by atoms with Gasteiger partial charge in [0.25, 0.3) is 0 Å². The average Bonchev–Trinajstić information content (AvgIpc) is 3.27. The zero-order chi connectivity index (χ0) is 29.1. The first kappa shape index (κ1) is 28.5. The fourth-order valence-corrected chi connectivity index (χ4v) is 5.80. The molecule has 0 unspecified atom stereocenters. The Hall–Kier alpha value is -4.00. The van der Waals surface area contributed by atoms with E-state index in [1.807, 2.05) is 51.9 Å². The molecule has 0 atom stereocenters. The van der Waals surface area contributed by atoms with Gasteiger partial charge in [-0.3, -0.25) is 0 Å². The Balaban J connectivity index is 1.31. The van der Waals surface area contributed by atoms with Crippen molar-refractivity contribution in [2.24, 2.45) is 0 Å². The Labute approximate surface area is 243 Å². The molecule has 1 heterocycles. The third-order valence-electron chi connectivity index (χ3n) is 7.93. The standard InChI is InChI=1S/C34H41N3O4/c1-34(2,3)41-32(38)36-20-18-26(19-21-36)37(22-24-14-16-25(17-15-24)35(4)5)33(39)40-23-31-29-12-8-6-10-27(29)28-11-7-9-13-30(28)31/h6-17,26,31H,18-23H2,1-5H3. The molecule has 0 saturated carbocycles.